The molecule has 120 valence electrons. The Morgan fingerprint density at radius 2 is 1.86 bits per heavy atom. The third-order valence-corrected chi connectivity index (χ3v) is 3.67. The van der Waals surface area contributed by atoms with E-state index in [1.807, 2.05) is 6.92 Å². The summed E-state index contributed by atoms with van der Waals surface area (Å²) in [5.74, 6) is 0. The predicted molar refractivity (Wildman–Crippen MR) is 81.7 cm³/mol. The molecule has 1 aromatic carbocycles. The lowest BCUT2D eigenvalue weighted by Gasteiger charge is -2.31. The second-order valence-corrected chi connectivity index (χ2v) is 6.01. The molecular weight excluding hydrogens is 301 g/mol. The van der Waals surface area contributed by atoms with E-state index in [0.29, 0.717) is 12.2 Å². The summed E-state index contributed by atoms with van der Waals surface area (Å²) in [5, 5.41) is 3.16. The highest BCUT2D eigenvalue weighted by atomic mass is 35.5. The Morgan fingerprint density at radius 3 is 2.38 bits per heavy atom. The van der Waals surface area contributed by atoms with E-state index in [4.69, 9.17) is 17.3 Å². The molecule has 0 aliphatic heterocycles. The number of alkyl halides is 3. The van der Waals surface area contributed by atoms with Crippen molar-refractivity contribution in [1.82, 2.24) is 0 Å². The molecule has 0 heterocycles. The van der Waals surface area contributed by atoms with Gasteiger partial charge in [-0.15, -0.1) is 0 Å². The van der Waals surface area contributed by atoms with Crippen molar-refractivity contribution >= 4 is 17.3 Å². The molecular formula is C15H22ClF3N2. The summed E-state index contributed by atoms with van der Waals surface area (Å²) in [6, 6.07) is 3.48. The summed E-state index contributed by atoms with van der Waals surface area (Å²) < 4.78 is 38.4. The van der Waals surface area contributed by atoms with Gasteiger partial charge in [-0.2, -0.15) is 13.2 Å². The van der Waals surface area contributed by atoms with E-state index in [-0.39, 0.29) is 5.02 Å². The van der Waals surface area contributed by atoms with Gasteiger partial charge in [0.05, 0.1) is 5.56 Å². The van der Waals surface area contributed by atoms with Crippen LogP contribution in [0.15, 0.2) is 18.2 Å². The molecule has 1 rings (SSSR count). The van der Waals surface area contributed by atoms with Gasteiger partial charge in [0, 0.05) is 22.8 Å². The maximum Gasteiger partial charge on any atom is 0.416 e. The topological polar surface area (TPSA) is 38.0 Å². The van der Waals surface area contributed by atoms with E-state index in [0.717, 1.165) is 37.8 Å². The van der Waals surface area contributed by atoms with Crippen LogP contribution in [-0.4, -0.2) is 12.1 Å². The van der Waals surface area contributed by atoms with Crippen LogP contribution in [0.1, 0.15) is 45.1 Å². The van der Waals surface area contributed by atoms with Gasteiger partial charge < -0.3 is 11.1 Å². The standard InChI is InChI=1S/C15H22ClF3N2/c1-3-4-5-6-14(2,10-20)21-13-8-11(15(17,18)19)7-12(16)9-13/h7-9,21H,3-6,10,20H2,1-2H3. The Morgan fingerprint density at radius 1 is 1.19 bits per heavy atom. The number of anilines is 1. The van der Waals surface area contributed by atoms with Gasteiger partial charge in [0.15, 0.2) is 0 Å². The zero-order chi connectivity index (χ0) is 16.1. The smallest absolute Gasteiger partial charge is 0.379 e. The highest BCUT2D eigenvalue weighted by Gasteiger charge is 2.32. The Labute approximate surface area is 128 Å². The molecule has 0 aliphatic rings. The highest BCUT2D eigenvalue weighted by molar-refractivity contribution is 6.30. The summed E-state index contributed by atoms with van der Waals surface area (Å²) in [6.07, 6.45) is -0.492. The zero-order valence-corrected chi connectivity index (χ0v) is 13.1. The van der Waals surface area contributed by atoms with Crippen molar-refractivity contribution in [3.63, 3.8) is 0 Å². The van der Waals surface area contributed by atoms with Gasteiger partial charge in [-0.25, -0.2) is 0 Å². The first-order chi connectivity index (χ1) is 9.70. The molecule has 0 aliphatic carbocycles. The number of nitrogens with one attached hydrogen (secondary N) is 1. The Bertz CT molecular complexity index is 463. The van der Waals surface area contributed by atoms with Crippen LogP contribution in [0.3, 0.4) is 0 Å². The average Bonchev–Trinajstić information content (AvgIpc) is 2.37. The number of hydrogen-bond acceptors (Lipinski definition) is 2. The molecule has 0 spiro atoms. The Balaban J connectivity index is 2.92. The molecule has 0 fully saturated rings. The van der Waals surface area contributed by atoms with Crippen molar-refractivity contribution in [3.05, 3.63) is 28.8 Å². The number of nitrogens with two attached hydrogens (primary N) is 1. The second kappa shape index (κ2) is 7.36. The maximum atomic E-state index is 12.8. The summed E-state index contributed by atoms with van der Waals surface area (Å²) >= 11 is 5.78. The molecule has 6 heteroatoms. The van der Waals surface area contributed by atoms with E-state index in [1.54, 1.807) is 0 Å². The summed E-state index contributed by atoms with van der Waals surface area (Å²) in [7, 11) is 0. The average molecular weight is 323 g/mol. The lowest BCUT2D eigenvalue weighted by Crippen LogP contribution is -2.42. The maximum absolute atomic E-state index is 12.8. The van der Waals surface area contributed by atoms with Crippen LogP contribution in [0.4, 0.5) is 18.9 Å². The first kappa shape index (κ1) is 18.1. The van der Waals surface area contributed by atoms with E-state index in [1.165, 1.54) is 6.07 Å². The number of hydrogen-bond donors (Lipinski definition) is 2. The number of unbranched alkanes of at least 4 members (excludes halogenated alkanes) is 2. The van der Waals surface area contributed by atoms with Gasteiger partial charge in [0.1, 0.15) is 0 Å². The first-order valence-electron chi connectivity index (χ1n) is 7.06. The molecule has 0 amide bonds. The first-order valence-corrected chi connectivity index (χ1v) is 7.44. The fourth-order valence-corrected chi connectivity index (χ4v) is 2.39. The molecule has 3 N–H and O–H groups in total. The largest absolute Gasteiger partial charge is 0.416 e. The SMILES string of the molecule is CCCCCC(C)(CN)Nc1cc(Cl)cc(C(F)(F)F)c1. The van der Waals surface area contributed by atoms with E-state index in [2.05, 4.69) is 12.2 Å². The van der Waals surface area contributed by atoms with Crippen molar-refractivity contribution in [1.29, 1.82) is 0 Å². The van der Waals surface area contributed by atoms with Crippen LogP contribution >= 0.6 is 11.6 Å². The van der Waals surface area contributed by atoms with Crippen LogP contribution in [0, 0.1) is 0 Å². The third kappa shape index (κ3) is 5.75. The van der Waals surface area contributed by atoms with Gasteiger partial charge in [-0.05, 0) is 31.5 Å². The number of rotatable bonds is 7. The quantitative estimate of drug-likeness (QED) is 0.688. The minimum atomic E-state index is -4.41. The van der Waals surface area contributed by atoms with Gasteiger partial charge in [-0.1, -0.05) is 37.8 Å². The summed E-state index contributed by atoms with van der Waals surface area (Å²) in [5.41, 5.74) is 4.93. The Hall–Kier alpha value is -0.940. The predicted octanol–water partition coefficient (Wildman–Crippen LogP) is 5.07. The molecule has 1 unspecified atom stereocenters. The molecule has 21 heavy (non-hydrogen) atoms. The van der Waals surface area contributed by atoms with Crippen LogP contribution in [0.25, 0.3) is 0 Å². The molecule has 1 aromatic rings. The molecule has 0 bridgehead atoms. The zero-order valence-electron chi connectivity index (χ0n) is 12.4. The van der Waals surface area contributed by atoms with Gasteiger partial charge in [0.25, 0.3) is 0 Å². The van der Waals surface area contributed by atoms with Crippen LogP contribution in [-0.2, 0) is 6.18 Å². The third-order valence-electron chi connectivity index (χ3n) is 3.45. The lowest BCUT2D eigenvalue weighted by atomic mass is 9.94. The summed E-state index contributed by atoms with van der Waals surface area (Å²) in [6.45, 7) is 4.35. The van der Waals surface area contributed by atoms with Crippen molar-refractivity contribution in [2.75, 3.05) is 11.9 Å². The van der Waals surface area contributed by atoms with Crippen molar-refractivity contribution in [2.45, 2.75) is 51.2 Å². The summed E-state index contributed by atoms with van der Waals surface area (Å²) in [4.78, 5) is 0. The Kier molecular flexibility index (Phi) is 6.35. The highest BCUT2D eigenvalue weighted by Crippen LogP contribution is 2.34. The van der Waals surface area contributed by atoms with E-state index < -0.39 is 17.3 Å². The van der Waals surface area contributed by atoms with Gasteiger partial charge in [-0.3, -0.25) is 0 Å². The fraction of sp³-hybridized carbons (Fsp3) is 0.600. The minimum Gasteiger partial charge on any atom is -0.379 e. The van der Waals surface area contributed by atoms with Crippen LogP contribution in [0.2, 0.25) is 5.02 Å². The van der Waals surface area contributed by atoms with Crippen LogP contribution < -0.4 is 11.1 Å². The normalized spacial score (nSPS) is 14.8. The molecule has 0 aromatic heterocycles. The molecule has 0 radical (unpaired) electrons. The van der Waals surface area contributed by atoms with Crippen molar-refractivity contribution in [3.8, 4) is 0 Å². The van der Waals surface area contributed by atoms with E-state index in [9.17, 15) is 13.2 Å². The number of benzene rings is 1. The van der Waals surface area contributed by atoms with Crippen LogP contribution in [0.5, 0.6) is 0 Å². The van der Waals surface area contributed by atoms with E-state index >= 15 is 0 Å². The lowest BCUT2D eigenvalue weighted by molar-refractivity contribution is -0.137. The van der Waals surface area contributed by atoms with Gasteiger partial charge in [0.2, 0.25) is 0 Å². The minimum absolute atomic E-state index is 0.0558. The molecule has 1 atom stereocenters. The number of halogens is 4. The van der Waals surface area contributed by atoms with Crippen molar-refractivity contribution in [2.24, 2.45) is 5.73 Å². The molecule has 2 nitrogen and oxygen atoms in total. The molecule has 0 saturated carbocycles. The monoisotopic (exact) mass is 322 g/mol. The van der Waals surface area contributed by atoms with Crippen molar-refractivity contribution < 1.29 is 13.2 Å². The fourth-order valence-electron chi connectivity index (χ4n) is 2.15. The second-order valence-electron chi connectivity index (χ2n) is 5.57. The molecule has 0 saturated heterocycles. The van der Waals surface area contributed by atoms with Gasteiger partial charge >= 0.3 is 6.18 Å².